The molecule has 2 heteroatoms. The third-order valence-electron chi connectivity index (χ3n) is 4.73. The van der Waals surface area contributed by atoms with Gasteiger partial charge < -0.3 is 0 Å². The third kappa shape index (κ3) is 3.96. The first-order valence-electron chi connectivity index (χ1n) is 8.93. The average Bonchev–Trinajstić information content (AvgIpc) is 2.59. The van der Waals surface area contributed by atoms with Crippen LogP contribution in [0.3, 0.4) is 0 Å². The Morgan fingerprint density at radius 1 is 0.800 bits per heavy atom. The molecule has 0 amide bonds. The number of benzene rings is 2. The molecule has 2 nitrogen and oxygen atoms in total. The van der Waals surface area contributed by atoms with E-state index < -0.39 is 0 Å². The zero-order chi connectivity index (χ0) is 18.0. The molecule has 0 N–H and O–H groups in total. The molecule has 0 fully saturated rings. The molecule has 3 rings (SSSR count). The molecule has 25 heavy (non-hydrogen) atoms. The van der Waals surface area contributed by atoms with Crippen molar-refractivity contribution in [2.75, 3.05) is 0 Å². The summed E-state index contributed by atoms with van der Waals surface area (Å²) in [6, 6.07) is 13.0. The van der Waals surface area contributed by atoms with Crippen LogP contribution in [0.2, 0.25) is 0 Å². The maximum absolute atomic E-state index is 4.57. The van der Waals surface area contributed by atoms with Crippen LogP contribution in [-0.4, -0.2) is 9.97 Å². The summed E-state index contributed by atoms with van der Waals surface area (Å²) in [7, 11) is 0. The van der Waals surface area contributed by atoms with E-state index in [1.165, 1.54) is 33.4 Å². The molecule has 0 unspecified atom stereocenters. The highest BCUT2D eigenvalue weighted by Crippen LogP contribution is 2.28. The molecule has 2 aromatic carbocycles. The minimum atomic E-state index is 0.616. The summed E-state index contributed by atoms with van der Waals surface area (Å²) in [5.41, 5.74) is 8.73. The van der Waals surface area contributed by atoms with Crippen molar-refractivity contribution in [2.45, 2.75) is 41.0 Å². The monoisotopic (exact) mass is 330 g/mol. The average molecular weight is 330 g/mol. The van der Waals surface area contributed by atoms with Gasteiger partial charge in [0.15, 0.2) is 5.82 Å². The second-order valence-corrected chi connectivity index (χ2v) is 7.33. The molecule has 0 aliphatic carbocycles. The molecule has 3 aromatic rings. The number of hydrogen-bond donors (Lipinski definition) is 0. The summed E-state index contributed by atoms with van der Waals surface area (Å²) in [6.07, 6.45) is 4.92. The van der Waals surface area contributed by atoms with Gasteiger partial charge in [0.2, 0.25) is 0 Å². The number of nitrogens with zero attached hydrogens (tertiary/aromatic N) is 2. The van der Waals surface area contributed by atoms with Crippen molar-refractivity contribution in [3.05, 3.63) is 71.0 Å². The lowest BCUT2D eigenvalue weighted by Gasteiger charge is -2.11. The fourth-order valence-electron chi connectivity index (χ4n) is 3.12. The van der Waals surface area contributed by atoms with Crippen LogP contribution >= 0.6 is 0 Å². The Hall–Kier alpha value is -2.48. The second-order valence-electron chi connectivity index (χ2n) is 7.33. The topological polar surface area (TPSA) is 25.8 Å². The molecule has 0 bridgehead atoms. The summed E-state index contributed by atoms with van der Waals surface area (Å²) >= 11 is 0. The van der Waals surface area contributed by atoms with Gasteiger partial charge in [-0.15, -0.1) is 0 Å². The minimum absolute atomic E-state index is 0.616. The predicted molar refractivity (Wildman–Crippen MR) is 106 cm³/mol. The first kappa shape index (κ1) is 17.3. The number of hydrogen-bond acceptors (Lipinski definition) is 2. The molecule has 0 atom stereocenters. The highest BCUT2D eigenvalue weighted by Gasteiger charge is 2.07. The van der Waals surface area contributed by atoms with Gasteiger partial charge in [0, 0.05) is 18.0 Å². The Labute approximate surface area is 151 Å². The number of aromatic nitrogens is 2. The van der Waals surface area contributed by atoms with Gasteiger partial charge in [0.25, 0.3) is 0 Å². The lowest BCUT2D eigenvalue weighted by Crippen LogP contribution is -1.97. The smallest absolute Gasteiger partial charge is 0.159 e. The minimum Gasteiger partial charge on any atom is -0.236 e. The van der Waals surface area contributed by atoms with Gasteiger partial charge in [-0.3, -0.25) is 0 Å². The molecule has 1 heterocycles. The predicted octanol–water partition coefficient (Wildman–Crippen LogP) is 5.93. The van der Waals surface area contributed by atoms with Crippen LogP contribution in [0.25, 0.3) is 22.5 Å². The van der Waals surface area contributed by atoms with Crippen molar-refractivity contribution in [1.82, 2.24) is 9.97 Å². The van der Waals surface area contributed by atoms with Crippen molar-refractivity contribution in [3.8, 4) is 22.5 Å². The van der Waals surface area contributed by atoms with Crippen molar-refractivity contribution in [3.63, 3.8) is 0 Å². The van der Waals surface area contributed by atoms with E-state index in [4.69, 9.17) is 0 Å². The first-order chi connectivity index (χ1) is 11.9. The van der Waals surface area contributed by atoms with Crippen LogP contribution in [0.15, 0.2) is 48.8 Å². The summed E-state index contributed by atoms with van der Waals surface area (Å²) in [5.74, 6) is 1.40. The zero-order valence-corrected chi connectivity index (χ0v) is 15.8. The molecule has 1 aromatic heterocycles. The number of rotatable bonds is 4. The van der Waals surface area contributed by atoms with Crippen LogP contribution in [0.1, 0.15) is 36.1 Å². The van der Waals surface area contributed by atoms with Crippen LogP contribution in [0.5, 0.6) is 0 Å². The van der Waals surface area contributed by atoms with E-state index in [2.05, 4.69) is 81.0 Å². The quantitative estimate of drug-likeness (QED) is 0.592. The fraction of sp³-hybridized carbons (Fsp3) is 0.304. The van der Waals surface area contributed by atoms with E-state index in [1.54, 1.807) is 0 Å². The Morgan fingerprint density at radius 2 is 1.40 bits per heavy atom. The van der Waals surface area contributed by atoms with Crippen molar-refractivity contribution in [2.24, 2.45) is 5.92 Å². The highest BCUT2D eigenvalue weighted by molar-refractivity contribution is 5.71. The SMILES string of the molecule is Cc1cc(-c2cccc(-c3ncc(CC(C)C)cn3)c2)cc(C)c1C. The van der Waals surface area contributed by atoms with Gasteiger partial charge in [0.05, 0.1) is 0 Å². The summed E-state index contributed by atoms with van der Waals surface area (Å²) in [4.78, 5) is 9.15. The van der Waals surface area contributed by atoms with Gasteiger partial charge in [-0.2, -0.15) is 0 Å². The largest absolute Gasteiger partial charge is 0.236 e. The van der Waals surface area contributed by atoms with E-state index in [9.17, 15) is 0 Å². The van der Waals surface area contributed by atoms with Crippen LogP contribution in [-0.2, 0) is 6.42 Å². The van der Waals surface area contributed by atoms with Crippen molar-refractivity contribution >= 4 is 0 Å². The van der Waals surface area contributed by atoms with Gasteiger partial charge in [-0.1, -0.05) is 44.2 Å². The summed E-state index contributed by atoms with van der Waals surface area (Å²) < 4.78 is 0. The summed E-state index contributed by atoms with van der Waals surface area (Å²) in [6.45, 7) is 10.9. The fourth-order valence-corrected chi connectivity index (χ4v) is 3.12. The lowest BCUT2D eigenvalue weighted by atomic mass is 9.95. The Bertz CT molecular complexity index is 854. The van der Waals surface area contributed by atoms with Gasteiger partial charge >= 0.3 is 0 Å². The molecular weight excluding hydrogens is 304 g/mol. The molecule has 0 saturated heterocycles. The van der Waals surface area contributed by atoms with Crippen LogP contribution in [0.4, 0.5) is 0 Å². The van der Waals surface area contributed by atoms with E-state index in [1.807, 2.05) is 12.4 Å². The van der Waals surface area contributed by atoms with Crippen molar-refractivity contribution in [1.29, 1.82) is 0 Å². The Kier molecular flexibility index (Phi) is 4.98. The first-order valence-corrected chi connectivity index (χ1v) is 8.93. The van der Waals surface area contributed by atoms with Crippen LogP contribution < -0.4 is 0 Å². The van der Waals surface area contributed by atoms with Gasteiger partial charge in [-0.05, 0) is 72.6 Å². The molecule has 0 radical (unpaired) electrons. The van der Waals surface area contributed by atoms with Gasteiger partial charge in [-0.25, -0.2) is 9.97 Å². The van der Waals surface area contributed by atoms with E-state index >= 15 is 0 Å². The standard InChI is InChI=1S/C23H26N2/c1-15(2)9-19-13-24-23(25-14-19)21-8-6-7-20(12-21)22-10-16(3)18(5)17(4)11-22/h6-8,10-15H,9H2,1-5H3. The molecule has 0 aliphatic rings. The normalized spacial score (nSPS) is 11.1. The van der Waals surface area contributed by atoms with Crippen LogP contribution in [0, 0.1) is 26.7 Å². The summed E-state index contributed by atoms with van der Waals surface area (Å²) in [5, 5.41) is 0. The van der Waals surface area contributed by atoms with E-state index in [0.29, 0.717) is 5.92 Å². The Morgan fingerprint density at radius 3 is 2.00 bits per heavy atom. The molecule has 0 spiro atoms. The molecular formula is C23H26N2. The zero-order valence-electron chi connectivity index (χ0n) is 15.8. The highest BCUT2D eigenvalue weighted by atomic mass is 14.9. The maximum Gasteiger partial charge on any atom is 0.159 e. The van der Waals surface area contributed by atoms with Crippen molar-refractivity contribution < 1.29 is 0 Å². The van der Waals surface area contributed by atoms with E-state index in [-0.39, 0.29) is 0 Å². The maximum atomic E-state index is 4.57. The molecule has 128 valence electrons. The molecule has 0 aliphatic heterocycles. The van der Waals surface area contributed by atoms with Gasteiger partial charge in [0.1, 0.15) is 0 Å². The Balaban J connectivity index is 1.94. The lowest BCUT2D eigenvalue weighted by molar-refractivity contribution is 0.644. The third-order valence-corrected chi connectivity index (χ3v) is 4.73. The number of aryl methyl sites for hydroxylation is 2. The van der Waals surface area contributed by atoms with E-state index in [0.717, 1.165) is 17.8 Å². The molecule has 0 saturated carbocycles. The second kappa shape index (κ2) is 7.18.